The molecule has 3 N–H and O–H groups in total. The molecule has 0 aliphatic carbocycles. The van der Waals surface area contributed by atoms with Gasteiger partial charge in [-0.25, -0.2) is 4.99 Å². The molecule has 1 heterocycles. The first-order chi connectivity index (χ1) is 13.2. The van der Waals surface area contributed by atoms with Gasteiger partial charge in [-0.2, -0.15) is 0 Å². The zero-order valence-corrected chi connectivity index (χ0v) is 17.9. The van der Waals surface area contributed by atoms with Gasteiger partial charge in [0.15, 0.2) is 5.96 Å². The van der Waals surface area contributed by atoms with Crippen LogP contribution in [0, 0.1) is 0 Å². The third-order valence-electron chi connectivity index (χ3n) is 3.84. The minimum atomic E-state index is 0. The minimum absolute atomic E-state index is 0. The van der Waals surface area contributed by atoms with E-state index in [2.05, 4.69) is 15.3 Å². The first-order valence-electron chi connectivity index (χ1n) is 8.56. The lowest BCUT2D eigenvalue weighted by molar-refractivity contribution is 0.301. The van der Waals surface area contributed by atoms with E-state index in [1.54, 1.807) is 13.3 Å². The second kappa shape index (κ2) is 11.1. The molecule has 0 saturated carbocycles. The van der Waals surface area contributed by atoms with Crippen LogP contribution < -0.4 is 20.5 Å². The van der Waals surface area contributed by atoms with E-state index in [1.807, 2.05) is 66.7 Å². The van der Waals surface area contributed by atoms with Gasteiger partial charge in [0.2, 0.25) is 0 Å². The number of methoxy groups -OCH3 is 1. The summed E-state index contributed by atoms with van der Waals surface area (Å²) in [6.07, 6.45) is 1.75. The van der Waals surface area contributed by atoms with Gasteiger partial charge in [-0.3, -0.25) is 4.98 Å². The normalized spacial score (nSPS) is 10.7. The molecule has 0 bridgehead atoms. The van der Waals surface area contributed by atoms with Gasteiger partial charge < -0.3 is 20.5 Å². The summed E-state index contributed by atoms with van der Waals surface area (Å²) in [5.41, 5.74) is 8.67. The third-order valence-corrected chi connectivity index (χ3v) is 3.84. The van der Waals surface area contributed by atoms with E-state index < -0.39 is 0 Å². The highest BCUT2D eigenvalue weighted by Gasteiger charge is 2.02. The van der Waals surface area contributed by atoms with Gasteiger partial charge in [-0.1, -0.05) is 30.3 Å². The number of ether oxygens (including phenoxy) is 2. The van der Waals surface area contributed by atoms with Gasteiger partial charge in [0, 0.05) is 6.20 Å². The van der Waals surface area contributed by atoms with Crippen molar-refractivity contribution in [3.05, 3.63) is 84.2 Å². The lowest BCUT2D eigenvalue weighted by Gasteiger charge is -2.10. The molecule has 0 fully saturated rings. The molecule has 2 aromatic carbocycles. The van der Waals surface area contributed by atoms with Crippen molar-refractivity contribution in [3.63, 3.8) is 0 Å². The van der Waals surface area contributed by atoms with Crippen LogP contribution in [0.1, 0.15) is 11.3 Å². The number of aliphatic imine (C=N–C) groups is 1. The fourth-order valence-corrected chi connectivity index (χ4v) is 2.43. The number of rotatable bonds is 7. The SMILES string of the molecule is COc1ccccc1NC(N)=NCc1ccc(OCc2ccccn2)cc1.I. The van der Waals surface area contributed by atoms with Gasteiger partial charge in [0.05, 0.1) is 25.0 Å². The van der Waals surface area contributed by atoms with Crippen molar-refractivity contribution in [1.29, 1.82) is 0 Å². The van der Waals surface area contributed by atoms with Crippen LogP contribution in [-0.2, 0) is 13.2 Å². The zero-order chi connectivity index (χ0) is 18.9. The number of nitrogens with zero attached hydrogens (tertiary/aromatic N) is 2. The summed E-state index contributed by atoms with van der Waals surface area (Å²) in [6.45, 7) is 0.905. The number of halogens is 1. The van der Waals surface area contributed by atoms with Gasteiger partial charge in [-0.05, 0) is 42.0 Å². The number of aromatic nitrogens is 1. The smallest absolute Gasteiger partial charge is 0.193 e. The number of hydrogen-bond acceptors (Lipinski definition) is 4. The molecule has 0 aliphatic heterocycles. The van der Waals surface area contributed by atoms with Crippen molar-refractivity contribution in [2.75, 3.05) is 12.4 Å². The summed E-state index contributed by atoms with van der Waals surface area (Å²) in [5, 5.41) is 3.05. The van der Waals surface area contributed by atoms with Crippen molar-refractivity contribution in [3.8, 4) is 11.5 Å². The Balaban J connectivity index is 0.00000280. The summed E-state index contributed by atoms with van der Waals surface area (Å²) in [6, 6.07) is 21.1. The first-order valence-corrected chi connectivity index (χ1v) is 8.56. The van der Waals surface area contributed by atoms with E-state index in [9.17, 15) is 0 Å². The number of anilines is 1. The molecule has 0 unspecified atom stereocenters. The molecular weight excluding hydrogens is 467 g/mol. The predicted molar refractivity (Wildman–Crippen MR) is 122 cm³/mol. The van der Waals surface area contributed by atoms with Crippen molar-refractivity contribution >= 4 is 35.6 Å². The Morgan fingerprint density at radius 2 is 1.79 bits per heavy atom. The van der Waals surface area contributed by atoms with Crippen LogP contribution in [0.3, 0.4) is 0 Å². The van der Waals surface area contributed by atoms with E-state index >= 15 is 0 Å². The van der Waals surface area contributed by atoms with E-state index in [0.29, 0.717) is 24.9 Å². The molecule has 1 aromatic heterocycles. The first kappa shape index (κ1) is 21.5. The molecule has 0 aliphatic rings. The van der Waals surface area contributed by atoms with Crippen LogP contribution >= 0.6 is 24.0 Å². The van der Waals surface area contributed by atoms with Crippen LogP contribution in [0.4, 0.5) is 5.69 Å². The molecule has 7 heteroatoms. The maximum absolute atomic E-state index is 5.97. The monoisotopic (exact) mass is 490 g/mol. The van der Waals surface area contributed by atoms with Gasteiger partial charge in [0.25, 0.3) is 0 Å². The second-order valence-electron chi connectivity index (χ2n) is 5.78. The topological polar surface area (TPSA) is 81.8 Å². The number of pyridine rings is 1. The van der Waals surface area contributed by atoms with E-state index in [1.165, 1.54) is 0 Å². The Morgan fingerprint density at radius 3 is 2.50 bits per heavy atom. The Morgan fingerprint density at radius 1 is 1.04 bits per heavy atom. The number of para-hydroxylation sites is 2. The highest BCUT2D eigenvalue weighted by molar-refractivity contribution is 14.0. The minimum Gasteiger partial charge on any atom is -0.495 e. The van der Waals surface area contributed by atoms with Gasteiger partial charge >= 0.3 is 0 Å². The predicted octanol–water partition coefficient (Wildman–Crippen LogP) is 4.21. The lowest BCUT2D eigenvalue weighted by Crippen LogP contribution is -2.22. The summed E-state index contributed by atoms with van der Waals surface area (Å²) in [5.74, 6) is 1.83. The highest BCUT2D eigenvalue weighted by Crippen LogP contribution is 2.22. The van der Waals surface area contributed by atoms with Crippen LogP contribution in [0.15, 0.2) is 77.9 Å². The van der Waals surface area contributed by atoms with E-state index in [0.717, 1.165) is 22.7 Å². The number of benzene rings is 2. The number of nitrogens with one attached hydrogen (secondary N) is 1. The third kappa shape index (κ3) is 6.41. The zero-order valence-electron chi connectivity index (χ0n) is 15.5. The molecule has 6 nitrogen and oxygen atoms in total. The fraction of sp³-hybridized carbons (Fsp3) is 0.143. The average Bonchev–Trinajstić information content (AvgIpc) is 2.72. The Kier molecular flexibility index (Phi) is 8.54. The Bertz CT molecular complexity index is 886. The van der Waals surface area contributed by atoms with Crippen molar-refractivity contribution in [2.45, 2.75) is 13.2 Å². The second-order valence-corrected chi connectivity index (χ2v) is 5.78. The maximum Gasteiger partial charge on any atom is 0.193 e. The average molecular weight is 490 g/mol. The van der Waals surface area contributed by atoms with Crippen molar-refractivity contribution in [2.24, 2.45) is 10.7 Å². The standard InChI is InChI=1S/C21H22N4O2.HI/c1-26-20-8-3-2-7-19(20)25-21(22)24-14-16-9-11-18(12-10-16)27-15-17-6-4-5-13-23-17;/h2-13H,14-15H2,1H3,(H3,22,24,25);1H. The van der Waals surface area contributed by atoms with Crippen molar-refractivity contribution in [1.82, 2.24) is 4.98 Å². The van der Waals surface area contributed by atoms with Crippen LogP contribution in [-0.4, -0.2) is 18.1 Å². The van der Waals surface area contributed by atoms with Gasteiger partial charge in [0.1, 0.15) is 18.1 Å². The molecule has 0 amide bonds. The molecular formula is C21H23IN4O2. The molecule has 0 atom stereocenters. The Hall–Kier alpha value is -2.81. The van der Waals surface area contributed by atoms with Crippen molar-refractivity contribution < 1.29 is 9.47 Å². The lowest BCUT2D eigenvalue weighted by atomic mass is 10.2. The molecule has 0 radical (unpaired) electrons. The number of nitrogens with two attached hydrogens (primary N) is 1. The summed E-state index contributed by atoms with van der Waals surface area (Å²) < 4.78 is 11.0. The molecule has 0 saturated heterocycles. The van der Waals surface area contributed by atoms with Gasteiger partial charge in [-0.15, -0.1) is 24.0 Å². The highest BCUT2D eigenvalue weighted by atomic mass is 127. The summed E-state index contributed by atoms with van der Waals surface area (Å²) in [7, 11) is 1.62. The maximum atomic E-state index is 5.97. The molecule has 0 spiro atoms. The number of hydrogen-bond donors (Lipinski definition) is 2. The molecule has 3 rings (SSSR count). The molecule has 146 valence electrons. The summed E-state index contributed by atoms with van der Waals surface area (Å²) in [4.78, 5) is 8.60. The van der Waals surface area contributed by atoms with Crippen LogP contribution in [0.2, 0.25) is 0 Å². The fourth-order valence-electron chi connectivity index (χ4n) is 2.43. The van der Waals surface area contributed by atoms with Crippen LogP contribution in [0.5, 0.6) is 11.5 Å². The van der Waals surface area contributed by atoms with Crippen LogP contribution in [0.25, 0.3) is 0 Å². The Labute approximate surface area is 181 Å². The quantitative estimate of drug-likeness (QED) is 0.295. The van der Waals surface area contributed by atoms with E-state index in [-0.39, 0.29) is 24.0 Å². The number of guanidine groups is 1. The molecule has 3 aromatic rings. The van der Waals surface area contributed by atoms with E-state index in [4.69, 9.17) is 15.2 Å². The molecule has 28 heavy (non-hydrogen) atoms. The largest absolute Gasteiger partial charge is 0.495 e. The summed E-state index contributed by atoms with van der Waals surface area (Å²) >= 11 is 0.